The molecule has 0 spiro atoms. The maximum absolute atomic E-state index is 13.0. The van der Waals surface area contributed by atoms with Crippen LogP contribution in [0.3, 0.4) is 0 Å². The van der Waals surface area contributed by atoms with Crippen molar-refractivity contribution in [3.8, 4) is 5.75 Å². The highest BCUT2D eigenvalue weighted by Gasteiger charge is 2.32. The Kier molecular flexibility index (Phi) is 9.18. The van der Waals surface area contributed by atoms with E-state index in [0.717, 1.165) is 37.5 Å². The molecule has 2 aromatic carbocycles. The summed E-state index contributed by atoms with van der Waals surface area (Å²) in [7, 11) is -2.94. The molecule has 2 aromatic rings. The van der Waals surface area contributed by atoms with E-state index in [1.54, 1.807) is 24.1 Å². The number of ether oxygens (including phenoxy) is 1. The maximum Gasteiger partial charge on any atom is 0.416 e. The van der Waals surface area contributed by atoms with Gasteiger partial charge >= 0.3 is 16.3 Å². The first kappa shape index (κ1) is 27.0. The van der Waals surface area contributed by atoms with E-state index in [2.05, 4.69) is 0 Å². The smallest absolute Gasteiger partial charge is 0.383 e. The minimum Gasteiger partial charge on any atom is -0.383 e. The van der Waals surface area contributed by atoms with Gasteiger partial charge in [0.2, 0.25) is 5.91 Å². The summed E-state index contributed by atoms with van der Waals surface area (Å²) < 4.78 is 74.4. The highest BCUT2D eigenvalue weighted by atomic mass is 32.2. The van der Waals surface area contributed by atoms with E-state index >= 15 is 0 Å². The molecule has 0 N–H and O–H groups in total. The van der Waals surface area contributed by atoms with Gasteiger partial charge in [0, 0.05) is 26.6 Å². The third-order valence-corrected chi connectivity index (χ3v) is 7.33. The number of alkyl halides is 3. The van der Waals surface area contributed by atoms with Crippen molar-refractivity contribution in [2.45, 2.75) is 56.1 Å². The monoisotopic (exact) mass is 513 g/mol. The van der Waals surface area contributed by atoms with Crippen molar-refractivity contribution in [3.63, 3.8) is 0 Å². The van der Waals surface area contributed by atoms with Crippen LogP contribution in [0, 0.1) is 5.92 Å². The third kappa shape index (κ3) is 7.96. The molecule has 1 aliphatic carbocycles. The molecule has 35 heavy (non-hydrogen) atoms. The van der Waals surface area contributed by atoms with Gasteiger partial charge < -0.3 is 13.8 Å². The fourth-order valence-corrected chi connectivity index (χ4v) is 5.17. The van der Waals surface area contributed by atoms with Gasteiger partial charge in [-0.05, 0) is 48.2 Å². The van der Waals surface area contributed by atoms with Gasteiger partial charge in [-0.15, -0.1) is 0 Å². The van der Waals surface area contributed by atoms with E-state index in [1.807, 2.05) is 0 Å². The molecule has 1 amide bonds. The number of amides is 1. The van der Waals surface area contributed by atoms with Gasteiger partial charge in [-0.1, -0.05) is 43.9 Å². The number of carbonyl (C=O) groups excluding carboxylic acids is 1. The van der Waals surface area contributed by atoms with Crippen LogP contribution in [0.4, 0.5) is 13.2 Å². The zero-order chi connectivity index (χ0) is 25.5. The lowest BCUT2D eigenvalue weighted by atomic mass is 10.0. The number of hydrogen-bond donors (Lipinski definition) is 0. The van der Waals surface area contributed by atoms with Gasteiger partial charge in [-0.3, -0.25) is 4.79 Å². The van der Waals surface area contributed by atoms with Gasteiger partial charge in [0.1, 0.15) is 10.6 Å². The van der Waals surface area contributed by atoms with Crippen molar-refractivity contribution in [1.82, 2.24) is 4.90 Å². The van der Waals surface area contributed by atoms with Crippen LogP contribution in [0.15, 0.2) is 53.4 Å². The predicted molar refractivity (Wildman–Crippen MR) is 124 cm³/mol. The van der Waals surface area contributed by atoms with Crippen molar-refractivity contribution in [3.05, 3.63) is 59.7 Å². The molecule has 0 saturated heterocycles. The minimum atomic E-state index is -4.68. The number of hydrogen-bond acceptors (Lipinski definition) is 5. The topological polar surface area (TPSA) is 72.9 Å². The molecule has 0 atom stereocenters. The number of benzene rings is 2. The van der Waals surface area contributed by atoms with Crippen LogP contribution in [0.5, 0.6) is 5.75 Å². The average Bonchev–Trinajstić information content (AvgIpc) is 3.33. The quantitative estimate of drug-likeness (QED) is 0.375. The van der Waals surface area contributed by atoms with Crippen molar-refractivity contribution in [1.29, 1.82) is 0 Å². The molecule has 6 nitrogen and oxygen atoms in total. The first-order valence-electron chi connectivity index (χ1n) is 11.6. The van der Waals surface area contributed by atoms with E-state index in [4.69, 9.17) is 8.92 Å². The highest BCUT2D eigenvalue weighted by Crippen LogP contribution is 2.31. The molecule has 1 saturated carbocycles. The molecule has 0 aromatic heterocycles. The van der Waals surface area contributed by atoms with Gasteiger partial charge in [0.05, 0.1) is 12.2 Å². The Labute approximate surface area is 204 Å². The van der Waals surface area contributed by atoms with Crippen LogP contribution in [0.2, 0.25) is 0 Å². The van der Waals surface area contributed by atoms with Crippen LogP contribution in [-0.4, -0.2) is 39.5 Å². The molecule has 1 fully saturated rings. The molecule has 0 radical (unpaired) electrons. The molecule has 0 heterocycles. The summed E-state index contributed by atoms with van der Waals surface area (Å²) in [5.74, 6) is 0.530. The van der Waals surface area contributed by atoms with Crippen LogP contribution in [-0.2, 0) is 32.4 Å². The average molecular weight is 514 g/mol. The largest absolute Gasteiger partial charge is 0.416 e. The first-order chi connectivity index (χ1) is 16.6. The lowest BCUT2D eigenvalue weighted by Gasteiger charge is -2.23. The second-order valence-corrected chi connectivity index (χ2v) is 10.3. The Morgan fingerprint density at radius 1 is 1.09 bits per heavy atom. The summed E-state index contributed by atoms with van der Waals surface area (Å²) in [6, 6.07) is 9.56. The second-order valence-electron chi connectivity index (χ2n) is 8.71. The summed E-state index contributed by atoms with van der Waals surface area (Å²) in [4.78, 5) is 13.9. The molecule has 0 aliphatic heterocycles. The van der Waals surface area contributed by atoms with Crippen LogP contribution in [0.1, 0.15) is 49.7 Å². The molecule has 10 heteroatoms. The summed E-state index contributed by atoms with van der Waals surface area (Å²) in [5, 5.41) is 0. The van der Waals surface area contributed by atoms with Crippen molar-refractivity contribution >= 4 is 16.0 Å². The Hall–Kier alpha value is -2.59. The molecular weight excluding hydrogens is 483 g/mol. The standard InChI is InChI=1S/C25H30F3NO5S/c1-33-15-14-29(24(30)13-12-19-6-2-3-7-19)18-20-8-4-10-22(16-20)34-35(31,32)23-11-5-9-21(17-23)25(26,27)28/h4-5,8-11,16-17,19H,2-3,6-7,12-15,18H2,1H3. The third-order valence-electron chi connectivity index (χ3n) is 6.09. The van der Waals surface area contributed by atoms with Crippen LogP contribution < -0.4 is 4.18 Å². The molecule has 0 bridgehead atoms. The Balaban J connectivity index is 1.70. The van der Waals surface area contributed by atoms with E-state index in [0.29, 0.717) is 37.1 Å². The fourth-order valence-electron chi connectivity index (χ4n) is 4.20. The molecule has 192 valence electrons. The number of methoxy groups -OCH3 is 1. The molecular formula is C25H30F3NO5S. The summed E-state index contributed by atoms with van der Waals surface area (Å²) in [6.45, 7) is 0.969. The van der Waals surface area contributed by atoms with Crippen molar-refractivity contribution < 1.29 is 35.3 Å². The summed E-state index contributed by atoms with van der Waals surface area (Å²) >= 11 is 0. The Morgan fingerprint density at radius 3 is 2.49 bits per heavy atom. The van der Waals surface area contributed by atoms with Gasteiger partial charge in [-0.25, -0.2) is 0 Å². The zero-order valence-corrected chi connectivity index (χ0v) is 20.4. The SMILES string of the molecule is COCCN(Cc1cccc(OS(=O)(=O)c2cccc(C(F)(F)F)c2)c1)C(=O)CCC1CCCC1. The van der Waals surface area contributed by atoms with E-state index in [1.165, 1.54) is 25.0 Å². The minimum absolute atomic E-state index is 0.00291. The van der Waals surface area contributed by atoms with Crippen LogP contribution >= 0.6 is 0 Å². The Morgan fingerprint density at radius 2 is 1.80 bits per heavy atom. The number of nitrogens with zero attached hydrogens (tertiary/aromatic N) is 1. The van der Waals surface area contributed by atoms with Gasteiger partial charge in [0.15, 0.2) is 0 Å². The fraction of sp³-hybridized carbons (Fsp3) is 0.480. The number of carbonyl (C=O) groups is 1. The van der Waals surface area contributed by atoms with E-state index in [-0.39, 0.29) is 18.2 Å². The summed E-state index contributed by atoms with van der Waals surface area (Å²) in [5.41, 5.74) is -0.451. The van der Waals surface area contributed by atoms with Gasteiger partial charge in [0.25, 0.3) is 0 Å². The molecule has 0 unspecified atom stereocenters. The number of rotatable bonds is 11. The normalized spacial score (nSPS) is 14.7. The second kappa shape index (κ2) is 11.9. The van der Waals surface area contributed by atoms with Crippen molar-refractivity contribution in [2.75, 3.05) is 20.3 Å². The van der Waals surface area contributed by atoms with E-state index < -0.39 is 26.8 Å². The lowest BCUT2D eigenvalue weighted by Crippen LogP contribution is -2.33. The predicted octanol–water partition coefficient (Wildman–Crippen LogP) is 5.42. The van der Waals surface area contributed by atoms with Gasteiger partial charge in [-0.2, -0.15) is 21.6 Å². The zero-order valence-electron chi connectivity index (χ0n) is 19.6. The summed E-state index contributed by atoms with van der Waals surface area (Å²) in [6.07, 6.45) is 1.34. The van der Waals surface area contributed by atoms with Crippen LogP contribution in [0.25, 0.3) is 0 Å². The van der Waals surface area contributed by atoms with E-state index in [9.17, 15) is 26.4 Å². The molecule has 1 aliphatic rings. The Bertz CT molecular complexity index is 1100. The maximum atomic E-state index is 13.0. The lowest BCUT2D eigenvalue weighted by molar-refractivity contribution is -0.137. The highest BCUT2D eigenvalue weighted by molar-refractivity contribution is 7.87. The first-order valence-corrected chi connectivity index (χ1v) is 13.0. The number of halogens is 3. The molecule has 3 rings (SSSR count). The van der Waals surface area contributed by atoms with Crippen molar-refractivity contribution in [2.24, 2.45) is 5.92 Å².